The van der Waals surface area contributed by atoms with Crippen molar-refractivity contribution in [1.29, 1.82) is 0 Å². The first kappa shape index (κ1) is 17.4. The van der Waals surface area contributed by atoms with Crippen LogP contribution in [-0.2, 0) is 11.3 Å². The van der Waals surface area contributed by atoms with Crippen LogP contribution in [-0.4, -0.2) is 38.4 Å². The van der Waals surface area contributed by atoms with Crippen LogP contribution in [0.25, 0.3) is 11.3 Å². The highest BCUT2D eigenvalue weighted by atomic mass is 16.2. The smallest absolute Gasteiger partial charge is 0.251 e. The van der Waals surface area contributed by atoms with Gasteiger partial charge in [-0.3, -0.25) is 9.59 Å². The number of nitrogen functional groups attached to an aromatic ring is 1. The fourth-order valence-corrected chi connectivity index (χ4v) is 5.25. The Morgan fingerprint density at radius 1 is 1.07 bits per heavy atom. The number of rotatable bonds is 2. The molecule has 2 aromatic rings. The van der Waals surface area contributed by atoms with Gasteiger partial charge in [0.05, 0.1) is 5.69 Å². The Labute approximate surface area is 163 Å². The highest BCUT2D eigenvalue weighted by Crippen LogP contribution is 2.38. The standard InChI is InChI=1S/C21H25N5O2/c22-19-8-17(23-12-24-19)15-6-18-16-5-13(10-26(18)20(27)7-15)9-25(11-16)21(28)14-3-1-2-4-14/h6-8,12-14,16H,1-5,9-11H2,(H2,22,23,24)/t13-,16+/m0/s1. The number of aromatic nitrogens is 3. The molecule has 0 spiro atoms. The van der Waals surface area contributed by atoms with Gasteiger partial charge in [0.2, 0.25) is 5.91 Å². The molecule has 1 aliphatic carbocycles. The minimum Gasteiger partial charge on any atom is -0.384 e. The number of pyridine rings is 1. The van der Waals surface area contributed by atoms with Gasteiger partial charge in [0.1, 0.15) is 12.1 Å². The lowest BCUT2D eigenvalue weighted by Crippen LogP contribution is -2.50. The van der Waals surface area contributed by atoms with Crippen LogP contribution in [0.3, 0.4) is 0 Å². The van der Waals surface area contributed by atoms with Crippen LogP contribution in [0.5, 0.6) is 0 Å². The predicted molar refractivity (Wildman–Crippen MR) is 106 cm³/mol. The van der Waals surface area contributed by atoms with Gasteiger partial charge < -0.3 is 15.2 Å². The van der Waals surface area contributed by atoms with Gasteiger partial charge in [0.25, 0.3) is 5.56 Å². The van der Waals surface area contributed by atoms with Gasteiger partial charge in [0.15, 0.2) is 0 Å². The second kappa shape index (κ2) is 6.72. The third kappa shape index (κ3) is 2.99. The molecule has 3 aliphatic rings. The first-order valence-corrected chi connectivity index (χ1v) is 10.2. The van der Waals surface area contributed by atoms with Crippen LogP contribution < -0.4 is 11.3 Å². The number of hydrogen-bond acceptors (Lipinski definition) is 5. The lowest BCUT2D eigenvalue weighted by molar-refractivity contribution is -0.138. The molecule has 7 nitrogen and oxygen atoms in total. The Morgan fingerprint density at radius 2 is 1.89 bits per heavy atom. The quantitative estimate of drug-likeness (QED) is 0.861. The van der Waals surface area contributed by atoms with Crippen molar-refractivity contribution in [2.24, 2.45) is 11.8 Å². The van der Waals surface area contributed by atoms with Gasteiger partial charge in [-0.25, -0.2) is 9.97 Å². The highest BCUT2D eigenvalue weighted by Gasteiger charge is 2.38. The molecule has 2 aliphatic heterocycles. The molecule has 0 unspecified atom stereocenters. The average molecular weight is 379 g/mol. The van der Waals surface area contributed by atoms with Crippen LogP contribution in [0.15, 0.2) is 29.3 Å². The fraction of sp³-hybridized carbons (Fsp3) is 0.524. The summed E-state index contributed by atoms with van der Waals surface area (Å²) < 4.78 is 1.89. The number of fused-ring (bicyclic) bond motifs is 4. The first-order chi connectivity index (χ1) is 13.6. The van der Waals surface area contributed by atoms with E-state index in [0.717, 1.165) is 37.1 Å². The van der Waals surface area contributed by atoms with E-state index in [4.69, 9.17) is 5.73 Å². The van der Waals surface area contributed by atoms with E-state index in [1.807, 2.05) is 10.6 Å². The first-order valence-electron chi connectivity index (χ1n) is 10.2. The number of nitrogens with two attached hydrogens (primary N) is 1. The third-order valence-corrected chi connectivity index (χ3v) is 6.56. The number of piperidine rings is 1. The average Bonchev–Trinajstić information content (AvgIpc) is 3.23. The van der Waals surface area contributed by atoms with Gasteiger partial charge in [-0.1, -0.05) is 12.8 Å². The van der Waals surface area contributed by atoms with E-state index < -0.39 is 0 Å². The molecule has 2 aromatic heterocycles. The summed E-state index contributed by atoms with van der Waals surface area (Å²) in [5, 5.41) is 0. The Hall–Kier alpha value is -2.70. The minimum absolute atomic E-state index is 0.00467. The van der Waals surface area contributed by atoms with E-state index in [-0.39, 0.29) is 17.4 Å². The molecule has 5 rings (SSSR count). The number of carbonyl (C=O) groups is 1. The molecule has 146 valence electrons. The highest BCUT2D eigenvalue weighted by molar-refractivity contribution is 5.79. The van der Waals surface area contributed by atoms with Gasteiger partial charge >= 0.3 is 0 Å². The van der Waals surface area contributed by atoms with Crippen molar-refractivity contribution >= 4 is 11.7 Å². The maximum Gasteiger partial charge on any atom is 0.251 e. The zero-order valence-corrected chi connectivity index (χ0v) is 15.9. The van der Waals surface area contributed by atoms with Crippen molar-refractivity contribution in [2.45, 2.75) is 44.6 Å². The Balaban J connectivity index is 1.48. The molecule has 0 aromatic carbocycles. The van der Waals surface area contributed by atoms with Crippen molar-refractivity contribution < 1.29 is 4.79 Å². The summed E-state index contributed by atoms with van der Waals surface area (Å²) in [6, 6.07) is 5.37. The summed E-state index contributed by atoms with van der Waals surface area (Å²) in [4.78, 5) is 36.0. The summed E-state index contributed by atoms with van der Waals surface area (Å²) in [6.45, 7) is 2.17. The van der Waals surface area contributed by atoms with Gasteiger partial charge in [0, 0.05) is 54.9 Å². The fourth-order valence-electron chi connectivity index (χ4n) is 5.25. The molecule has 4 heterocycles. The Morgan fingerprint density at radius 3 is 2.68 bits per heavy atom. The molecular weight excluding hydrogens is 354 g/mol. The second-order valence-corrected chi connectivity index (χ2v) is 8.47. The van der Waals surface area contributed by atoms with E-state index in [0.29, 0.717) is 36.4 Å². The van der Waals surface area contributed by atoms with E-state index in [9.17, 15) is 9.59 Å². The summed E-state index contributed by atoms with van der Waals surface area (Å²) in [7, 11) is 0. The SMILES string of the molecule is Nc1cc(-c2cc3n(c(=O)c2)C[C@H]2C[C@@H]3CN(C(=O)C3CCCC3)C2)ncn1. The molecule has 1 saturated heterocycles. The number of likely N-dealkylation sites (tertiary alicyclic amines) is 1. The van der Waals surface area contributed by atoms with Crippen LogP contribution in [0.1, 0.15) is 43.7 Å². The summed E-state index contributed by atoms with van der Waals surface area (Å²) in [6.07, 6.45) is 6.84. The largest absolute Gasteiger partial charge is 0.384 e. The van der Waals surface area contributed by atoms with E-state index in [2.05, 4.69) is 14.9 Å². The molecule has 2 N–H and O–H groups in total. The van der Waals surface area contributed by atoms with Crippen LogP contribution >= 0.6 is 0 Å². The van der Waals surface area contributed by atoms with Crippen LogP contribution in [0.2, 0.25) is 0 Å². The number of carbonyl (C=O) groups excluding carboxylic acids is 1. The maximum atomic E-state index is 13.0. The monoisotopic (exact) mass is 379 g/mol. The van der Waals surface area contributed by atoms with Crippen molar-refractivity contribution in [2.75, 3.05) is 18.8 Å². The molecule has 2 fully saturated rings. The van der Waals surface area contributed by atoms with Crippen molar-refractivity contribution in [3.63, 3.8) is 0 Å². The van der Waals surface area contributed by atoms with Gasteiger partial charge in [-0.05, 0) is 31.2 Å². The van der Waals surface area contributed by atoms with E-state index in [1.54, 1.807) is 12.1 Å². The van der Waals surface area contributed by atoms with Crippen LogP contribution in [0, 0.1) is 11.8 Å². The van der Waals surface area contributed by atoms with Crippen molar-refractivity contribution in [3.05, 3.63) is 40.6 Å². The molecule has 7 heteroatoms. The molecule has 1 saturated carbocycles. The zero-order valence-electron chi connectivity index (χ0n) is 15.9. The number of hydrogen-bond donors (Lipinski definition) is 1. The zero-order chi connectivity index (χ0) is 19.3. The molecule has 2 bridgehead atoms. The summed E-state index contributed by atoms with van der Waals surface area (Å²) in [5.74, 6) is 1.47. The molecule has 1 amide bonds. The minimum atomic E-state index is -0.00467. The second-order valence-electron chi connectivity index (χ2n) is 8.47. The van der Waals surface area contributed by atoms with Crippen molar-refractivity contribution in [1.82, 2.24) is 19.4 Å². The normalized spacial score (nSPS) is 24.2. The molecule has 2 atom stereocenters. The van der Waals surface area contributed by atoms with Crippen molar-refractivity contribution in [3.8, 4) is 11.3 Å². The van der Waals surface area contributed by atoms with Crippen LogP contribution in [0.4, 0.5) is 5.82 Å². The maximum absolute atomic E-state index is 13.0. The summed E-state index contributed by atoms with van der Waals surface area (Å²) >= 11 is 0. The van der Waals surface area contributed by atoms with Gasteiger partial charge in [-0.15, -0.1) is 0 Å². The number of nitrogens with zero attached hydrogens (tertiary/aromatic N) is 4. The topological polar surface area (TPSA) is 94.1 Å². The number of anilines is 1. The third-order valence-electron chi connectivity index (χ3n) is 6.56. The predicted octanol–water partition coefficient (Wildman–Crippen LogP) is 2.02. The lowest BCUT2D eigenvalue weighted by Gasteiger charge is -2.43. The van der Waals surface area contributed by atoms with E-state index in [1.165, 1.54) is 19.2 Å². The lowest BCUT2D eigenvalue weighted by atomic mass is 9.82. The Kier molecular flexibility index (Phi) is 4.18. The van der Waals surface area contributed by atoms with E-state index >= 15 is 0 Å². The molecule has 0 radical (unpaired) electrons. The number of amides is 1. The molecule has 28 heavy (non-hydrogen) atoms. The summed E-state index contributed by atoms with van der Waals surface area (Å²) in [5.41, 5.74) is 8.22. The molecular formula is C21H25N5O2. The van der Waals surface area contributed by atoms with Gasteiger partial charge in [-0.2, -0.15) is 0 Å². The Bertz CT molecular complexity index is 979.